The summed E-state index contributed by atoms with van der Waals surface area (Å²) in [6.45, 7) is 7.72. The second kappa shape index (κ2) is 14.3. The van der Waals surface area contributed by atoms with E-state index < -0.39 is 0 Å². The maximum atomic E-state index is 5.75. The van der Waals surface area contributed by atoms with Crippen molar-refractivity contribution < 1.29 is 4.74 Å². The number of nitrogens with zero attached hydrogens (tertiary/aromatic N) is 1. The Bertz CT molecular complexity index is 195. The molecule has 0 heterocycles. The standard InChI is InChI=1S/C14H31N3O/c1-3-5-7-8-10-16-14(15)17-11-9-13-18-12-6-4-2/h3-13H2,1-2H3,(H3,15,16,17). The first kappa shape index (κ1) is 17.2. The zero-order valence-corrected chi connectivity index (χ0v) is 12.2. The van der Waals surface area contributed by atoms with E-state index in [1.807, 2.05) is 0 Å². The third-order valence-corrected chi connectivity index (χ3v) is 2.71. The molecule has 0 rings (SSSR count). The van der Waals surface area contributed by atoms with E-state index in [0.29, 0.717) is 5.96 Å². The van der Waals surface area contributed by atoms with Crippen molar-refractivity contribution >= 4 is 5.96 Å². The first-order valence-electron chi connectivity index (χ1n) is 7.42. The predicted molar refractivity (Wildman–Crippen MR) is 79.0 cm³/mol. The monoisotopic (exact) mass is 257 g/mol. The van der Waals surface area contributed by atoms with Gasteiger partial charge in [0.15, 0.2) is 5.96 Å². The Balaban J connectivity index is 3.25. The molecule has 0 aromatic rings. The highest BCUT2D eigenvalue weighted by atomic mass is 16.5. The number of unbranched alkanes of at least 4 members (excludes halogenated alkanes) is 4. The number of nitrogens with two attached hydrogens (primary N) is 1. The van der Waals surface area contributed by atoms with Crippen LogP contribution >= 0.6 is 0 Å². The number of nitrogens with one attached hydrogen (secondary N) is 1. The Kier molecular flexibility index (Phi) is 13.7. The first-order chi connectivity index (χ1) is 8.81. The summed E-state index contributed by atoms with van der Waals surface area (Å²) in [5.74, 6) is 0.569. The van der Waals surface area contributed by atoms with Gasteiger partial charge >= 0.3 is 0 Å². The van der Waals surface area contributed by atoms with Gasteiger partial charge in [0.1, 0.15) is 0 Å². The van der Waals surface area contributed by atoms with Crippen molar-refractivity contribution in [3.8, 4) is 0 Å². The van der Waals surface area contributed by atoms with Gasteiger partial charge in [0.2, 0.25) is 0 Å². The van der Waals surface area contributed by atoms with Crippen molar-refractivity contribution in [3.05, 3.63) is 0 Å². The third kappa shape index (κ3) is 13.3. The fourth-order valence-corrected chi connectivity index (χ4v) is 1.54. The molecule has 0 aliphatic rings. The molecule has 0 atom stereocenters. The molecular formula is C14H31N3O. The molecule has 18 heavy (non-hydrogen) atoms. The molecule has 0 radical (unpaired) electrons. The van der Waals surface area contributed by atoms with E-state index in [1.165, 1.54) is 32.1 Å². The average Bonchev–Trinajstić information content (AvgIpc) is 2.37. The SMILES string of the molecule is CCCCCCNC(N)=NCCCOCCCC. The molecule has 3 N–H and O–H groups in total. The number of hydrogen-bond donors (Lipinski definition) is 2. The molecule has 4 heteroatoms. The summed E-state index contributed by atoms with van der Waals surface area (Å²) in [7, 11) is 0. The lowest BCUT2D eigenvalue weighted by molar-refractivity contribution is 0.130. The second-order valence-corrected chi connectivity index (χ2v) is 4.57. The number of hydrogen-bond acceptors (Lipinski definition) is 2. The molecule has 0 amide bonds. The van der Waals surface area contributed by atoms with Gasteiger partial charge in [-0.1, -0.05) is 39.5 Å². The van der Waals surface area contributed by atoms with E-state index in [9.17, 15) is 0 Å². The van der Waals surface area contributed by atoms with Crippen molar-refractivity contribution in [1.29, 1.82) is 0 Å². The second-order valence-electron chi connectivity index (χ2n) is 4.57. The lowest BCUT2D eigenvalue weighted by atomic mass is 10.2. The fourth-order valence-electron chi connectivity index (χ4n) is 1.54. The van der Waals surface area contributed by atoms with E-state index in [-0.39, 0.29) is 0 Å². The Morgan fingerprint density at radius 3 is 2.44 bits per heavy atom. The van der Waals surface area contributed by atoms with Crippen molar-refractivity contribution in [2.24, 2.45) is 10.7 Å². The van der Waals surface area contributed by atoms with Crippen LogP contribution in [0.15, 0.2) is 4.99 Å². The normalized spacial score (nSPS) is 11.8. The van der Waals surface area contributed by atoms with Gasteiger partial charge in [-0.25, -0.2) is 0 Å². The zero-order chi connectivity index (χ0) is 13.5. The van der Waals surface area contributed by atoms with Crippen LogP contribution in [0, 0.1) is 0 Å². The van der Waals surface area contributed by atoms with Gasteiger partial charge in [-0.15, -0.1) is 0 Å². The van der Waals surface area contributed by atoms with Crippen molar-refractivity contribution in [2.45, 2.75) is 58.8 Å². The van der Waals surface area contributed by atoms with Crippen LogP contribution < -0.4 is 11.1 Å². The lowest BCUT2D eigenvalue weighted by Gasteiger charge is -2.05. The minimum absolute atomic E-state index is 0.569. The highest BCUT2D eigenvalue weighted by molar-refractivity contribution is 5.77. The fraction of sp³-hybridized carbons (Fsp3) is 0.929. The molecule has 4 nitrogen and oxygen atoms in total. The van der Waals surface area contributed by atoms with Gasteiger partial charge in [-0.3, -0.25) is 4.99 Å². The van der Waals surface area contributed by atoms with Crippen LogP contribution in [0.25, 0.3) is 0 Å². The lowest BCUT2D eigenvalue weighted by Crippen LogP contribution is -2.32. The smallest absolute Gasteiger partial charge is 0.188 e. The van der Waals surface area contributed by atoms with Crippen LogP contribution in [0.2, 0.25) is 0 Å². The summed E-state index contributed by atoms with van der Waals surface area (Å²) in [4.78, 5) is 4.26. The Morgan fingerprint density at radius 2 is 1.72 bits per heavy atom. The molecule has 0 bridgehead atoms. The molecule has 0 aliphatic carbocycles. The number of ether oxygens (including phenoxy) is 1. The highest BCUT2D eigenvalue weighted by Gasteiger charge is 1.92. The van der Waals surface area contributed by atoms with Gasteiger partial charge in [0.05, 0.1) is 0 Å². The van der Waals surface area contributed by atoms with Gasteiger partial charge < -0.3 is 15.8 Å². The number of guanidine groups is 1. The molecule has 0 aliphatic heterocycles. The summed E-state index contributed by atoms with van der Waals surface area (Å²) in [5.41, 5.74) is 5.75. The molecular weight excluding hydrogens is 226 g/mol. The molecule has 0 spiro atoms. The minimum atomic E-state index is 0.569. The summed E-state index contributed by atoms with van der Waals surface area (Å²) in [5, 5.41) is 3.14. The van der Waals surface area contributed by atoms with E-state index in [1.54, 1.807) is 0 Å². The summed E-state index contributed by atoms with van der Waals surface area (Å²) < 4.78 is 5.45. The predicted octanol–water partition coefficient (Wildman–Crippen LogP) is 2.68. The molecule has 0 aromatic carbocycles. The largest absolute Gasteiger partial charge is 0.381 e. The van der Waals surface area contributed by atoms with Gasteiger partial charge in [-0.2, -0.15) is 0 Å². The molecule has 0 fully saturated rings. The maximum Gasteiger partial charge on any atom is 0.188 e. The molecule has 0 saturated heterocycles. The Labute approximate surface area is 112 Å². The quantitative estimate of drug-likeness (QED) is 0.321. The van der Waals surface area contributed by atoms with Crippen LogP contribution in [0.5, 0.6) is 0 Å². The van der Waals surface area contributed by atoms with Gasteiger partial charge in [-0.05, 0) is 19.3 Å². The van der Waals surface area contributed by atoms with E-state index in [4.69, 9.17) is 10.5 Å². The first-order valence-corrected chi connectivity index (χ1v) is 7.42. The maximum absolute atomic E-state index is 5.75. The van der Waals surface area contributed by atoms with E-state index >= 15 is 0 Å². The average molecular weight is 257 g/mol. The Morgan fingerprint density at radius 1 is 1.00 bits per heavy atom. The molecule has 0 unspecified atom stereocenters. The summed E-state index contributed by atoms with van der Waals surface area (Å²) >= 11 is 0. The van der Waals surface area contributed by atoms with Crippen LogP contribution in [-0.2, 0) is 4.74 Å². The number of aliphatic imine (C=N–C) groups is 1. The van der Waals surface area contributed by atoms with Crippen LogP contribution in [-0.4, -0.2) is 32.3 Å². The van der Waals surface area contributed by atoms with Crippen molar-refractivity contribution in [3.63, 3.8) is 0 Å². The summed E-state index contributed by atoms with van der Waals surface area (Å²) in [6.07, 6.45) is 8.28. The van der Waals surface area contributed by atoms with Crippen molar-refractivity contribution in [1.82, 2.24) is 5.32 Å². The third-order valence-electron chi connectivity index (χ3n) is 2.71. The van der Waals surface area contributed by atoms with Crippen molar-refractivity contribution in [2.75, 3.05) is 26.3 Å². The minimum Gasteiger partial charge on any atom is -0.381 e. The summed E-state index contributed by atoms with van der Waals surface area (Å²) in [6, 6.07) is 0. The van der Waals surface area contributed by atoms with Crippen LogP contribution in [0.1, 0.15) is 58.8 Å². The zero-order valence-electron chi connectivity index (χ0n) is 12.2. The topological polar surface area (TPSA) is 59.6 Å². The molecule has 108 valence electrons. The van der Waals surface area contributed by atoms with Crippen LogP contribution in [0.4, 0.5) is 0 Å². The van der Waals surface area contributed by atoms with Gasteiger partial charge in [0.25, 0.3) is 0 Å². The van der Waals surface area contributed by atoms with Crippen LogP contribution in [0.3, 0.4) is 0 Å². The van der Waals surface area contributed by atoms with E-state index in [0.717, 1.165) is 39.1 Å². The Hall–Kier alpha value is -0.770. The highest BCUT2D eigenvalue weighted by Crippen LogP contribution is 1.96. The van der Waals surface area contributed by atoms with E-state index in [2.05, 4.69) is 24.2 Å². The number of rotatable bonds is 12. The molecule has 0 aromatic heterocycles. The van der Waals surface area contributed by atoms with Gasteiger partial charge in [0, 0.05) is 26.3 Å². The molecule has 0 saturated carbocycles.